The lowest BCUT2D eigenvalue weighted by Crippen LogP contribution is -2.28. The van der Waals surface area contributed by atoms with Crippen LogP contribution in [0, 0.1) is 0 Å². The van der Waals surface area contributed by atoms with E-state index in [9.17, 15) is 4.79 Å². The Labute approximate surface area is 144 Å². The van der Waals surface area contributed by atoms with Crippen LogP contribution in [0.5, 0.6) is 0 Å². The summed E-state index contributed by atoms with van der Waals surface area (Å²) in [5.41, 5.74) is 1.08. The highest BCUT2D eigenvalue weighted by atomic mass is 32.2. The molecule has 3 aromatic rings. The molecule has 1 amide bonds. The van der Waals surface area contributed by atoms with Crippen molar-refractivity contribution in [3.63, 3.8) is 0 Å². The molecule has 1 N–H and O–H groups in total. The summed E-state index contributed by atoms with van der Waals surface area (Å²) in [6.45, 7) is 1.97. The summed E-state index contributed by atoms with van der Waals surface area (Å²) in [5, 5.41) is 11.9. The zero-order valence-electron chi connectivity index (χ0n) is 13.5. The van der Waals surface area contributed by atoms with Gasteiger partial charge in [0.25, 0.3) is 0 Å². The van der Waals surface area contributed by atoms with E-state index in [4.69, 9.17) is 4.42 Å². The number of rotatable bonds is 6. The third-order valence-corrected chi connectivity index (χ3v) is 4.61. The summed E-state index contributed by atoms with van der Waals surface area (Å²) >= 11 is 1.35. The molecule has 1 atom stereocenters. The summed E-state index contributed by atoms with van der Waals surface area (Å²) in [5.74, 6) is 1.53. The quantitative estimate of drug-likeness (QED) is 0.697. The number of aromatic nitrogens is 3. The number of benzene rings is 1. The third kappa shape index (κ3) is 3.68. The van der Waals surface area contributed by atoms with Crippen LogP contribution in [0.3, 0.4) is 0 Å². The van der Waals surface area contributed by atoms with E-state index in [1.807, 2.05) is 54.9 Å². The molecule has 1 aromatic carbocycles. The average molecular weight is 342 g/mol. The Bertz CT molecular complexity index is 799. The second-order valence-corrected chi connectivity index (χ2v) is 6.27. The van der Waals surface area contributed by atoms with E-state index in [1.54, 1.807) is 12.3 Å². The molecule has 3 rings (SSSR count). The minimum Gasteiger partial charge on any atom is -0.461 e. The van der Waals surface area contributed by atoms with Gasteiger partial charge in [0, 0.05) is 7.05 Å². The standard InChI is InChI=1S/C17H18N4O2S/c1-12(13-7-4-3-5-8-13)18-15(22)11-24-17-20-19-16(21(17)2)14-9-6-10-23-14/h3-10,12H,11H2,1-2H3,(H,18,22)/t12-/m1/s1. The molecule has 0 bridgehead atoms. The second kappa shape index (κ2) is 7.35. The highest BCUT2D eigenvalue weighted by molar-refractivity contribution is 7.99. The number of nitrogens with zero attached hydrogens (tertiary/aromatic N) is 3. The van der Waals surface area contributed by atoms with Crippen LogP contribution in [0.25, 0.3) is 11.6 Å². The molecule has 0 saturated heterocycles. The highest BCUT2D eigenvalue weighted by Crippen LogP contribution is 2.22. The SMILES string of the molecule is C[C@@H](NC(=O)CSc1nnc(-c2ccco2)n1C)c1ccccc1. The van der Waals surface area contributed by atoms with E-state index in [1.165, 1.54) is 11.8 Å². The molecular formula is C17H18N4O2S. The largest absolute Gasteiger partial charge is 0.461 e. The molecular weight excluding hydrogens is 324 g/mol. The predicted molar refractivity (Wildman–Crippen MR) is 92.4 cm³/mol. The maximum atomic E-state index is 12.1. The highest BCUT2D eigenvalue weighted by Gasteiger charge is 2.15. The zero-order chi connectivity index (χ0) is 16.9. The summed E-state index contributed by atoms with van der Waals surface area (Å²) in [4.78, 5) is 12.1. The lowest BCUT2D eigenvalue weighted by molar-refractivity contribution is -0.119. The van der Waals surface area contributed by atoms with Crippen molar-refractivity contribution in [1.29, 1.82) is 0 Å². The average Bonchev–Trinajstić information content (AvgIpc) is 3.23. The van der Waals surface area contributed by atoms with Crippen LogP contribution in [-0.2, 0) is 11.8 Å². The first kappa shape index (κ1) is 16.3. The first-order valence-corrected chi connectivity index (χ1v) is 8.54. The molecule has 0 unspecified atom stereocenters. The number of hydrogen-bond donors (Lipinski definition) is 1. The van der Waals surface area contributed by atoms with Crippen LogP contribution in [0.4, 0.5) is 0 Å². The van der Waals surface area contributed by atoms with Gasteiger partial charge in [-0.05, 0) is 24.6 Å². The van der Waals surface area contributed by atoms with Gasteiger partial charge in [-0.15, -0.1) is 10.2 Å². The number of nitrogens with one attached hydrogen (secondary N) is 1. The van der Waals surface area contributed by atoms with Gasteiger partial charge in [-0.2, -0.15) is 0 Å². The molecule has 6 nitrogen and oxygen atoms in total. The number of carbonyl (C=O) groups is 1. The lowest BCUT2D eigenvalue weighted by Gasteiger charge is -2.13. The van der Waals surface area contributed by atoms with Crippen molar-refractivity contribution in [2.75, 3.05) is 5.75 Å². The van der Waals surface area contributed by atoms with Gasteiger partial charge >= 0.3 is 0 Å². The predicted octanol–water partition coefficient (Wildman–Crippen LogP) is 3.04. The fourth-order valence-electron chi connectivity index (χ4n) is 2.30. The van der Waals surface area contributed by atoms with Crippen LogP contribution >= 0.6 is 11.8 Å². The molecule has 0 spiro atoms. The van der Waals surface area contributed by atoms with E-state index >= 15 is 0 Å². The Morgan fingerprint density at radius 3 is 2.75 bits per heavy atom. The molecule has 2 aromatic heterocycles. The Kier molecular flexibility index (Phi) is 5.00. The second-order valence-electron chi connectivity index (χ2n) is 5.33. The van der Waals surface area contributed by atoms with E-state index < -0.39 is 0 Å². The van der Waals surface area contributed by atoms with Crippen molar-refractivity contribution in [3.05, 3.63) is 54.3 Å². The maximum absolute atomic E-state index is 12.1. The summed E-state index contributed by atoms with van der Waals surface area (Å²) < 4.78 is 7.15. The first-order chi connectivity index (χ1) is 11.6. The molecule has 0 saturated carbocycles. The number of carbonyl (C=O) groups excluding carboxylic acids is 1. The molecule has 124 valence electrons. The molecule has 0 aliphatic carbocycles. The van der Waals surface area contributed by atoms with Crippen molar-refractivity contribution >= 4 is 17.7 Å². The minimum atomic E-state index is -0.0427. The minimum absolute atomic E-state index is 0.0301. The van der Waals surface area contributed by atoms with Gasteiger partial charge < -0.3 is 14.3 Å². The molecule has 0 aliphatic rings. The monoisotopic (exact) mass is 342 g/mol. The van der Waals surface area contributed by atoms with Crippen molar-refractivity contribution < 1.29 is 9.21 Å². The molecule has 24 heavy (non-hydrogen) atoms. The Hall–Kier alpha value is -2.54. The Morgan fingerprint density at radius 2 is 2.04 bits per heavy atom. The molecule has 2 heterocycles. The lowest BCUT2D eigenvalue weighted by atomic mass is 10.1. The van der Waals surface area contributed by atoms with E-state index in [0.29, 0.717) is 16.7 Å². The zero-order valence-corrected chi connectivity index (χ0v) is 14.3. The summed E-state index contributed by atoms with van der Waals surface area (Å²) in [6, 6.07) is 13.5. The van der Waals surface area contributed by atoms with Gasteiger partial charge in [0.05, 0.1) is 18.1 Å². The number of thioether (sulfide) groups is 1. The van der Waals surface area contributed by atoms with Crippen molar-refractivity contribution in [2.45, 2.75) is 18.1 Å². The van der Waals surface area contributed by atoms with E-state index in [-0.39, 0.29) is 17.7 Å². The molecule has 0 aliphatic heterocycles. The fourth-order valence-corrected chi connectivity index (χ4v) is 3.02. The van der Waals surface area contributed by atoms with Crippen LogP contribution in [-0.4, -0.2) is 26.4 Å². The Morgan fingerprint density at radius 1 is 1.25 bits per heavy atom. The summed E-state index contributed by atoms with van der Waals surface area (Å²) in [6.07, 6.45) is 1.59. The maximum Gasteiger partial charge on any atom is 0.230 e. The topological polar surface area (TPSA) is 73.0 Å². The van der Waals surface area contributed by atoms with Gasteiger partial charge in [0.15, 0.2) is 16.7 Å². The Balaban J connectivity index is 1.57. The van der Waals surface area contributed by atoms with E-state index in [0.717, 1.165) is 5.56 Å². The number of amides is 1. The molecule has 7 heteroatoms. The van der Waals surface area contributed by atoms with Gasteiger partial charge in [-0.25, -0.2) is 0 Å². The summed E-state index contributed by atoms with van der Waals surface area (Å²) in [7, 11) is 1.85. The van der Waals surface area contributed by atoms with E-state index in [2.05, 4.69) is 15.5 Å². The third-order valence-electron chi connectivity index (χ3n) is 3.59. The molecule has 0 fully saturated rings. The van der Waals surface area contributed by atoms with Gasteiger partial charge in [0.2, 0.25) is 5.91 Å². The van der Waals surface area contributed by atoms with Gasteiger partial charge in [0.1, 0.15) is 0 Å². The smallest absolute Gasteiger partial charge is 0.230 e. The number of hydrogen-bond acceptors (Lipinski definition) is 5. The van der Waals surface area contributed by atoms with Crippen LogP contribution < -0.4 is 5.32 Å². The van der Waals surface area contributed by atoms with Gasteiger partial charge in [-0.1, -0.05) is 42.1 Å². The first-order valence-electron chi connectivity index (χ1n) is 7.55. The van der Waals surface area contributed by atoms with Crippen molar-refractivity contribution in [2.24, 2.45) is 7.05 Å². The van der Waals surface area contributed by atoms with Crippen molar-refractivity contribution in [1.82, 2.24) is 20.1 Å². The van der Waals surface area contributed by atoms with Crippen LogP contribution in [0.2, 0.25) is 0 Å². The van der Waals surface area contributed by atoms with Crippen molar-refractivity contribution in [3.8, 4) is 11.6 Å². The van der Waals surface area contributed by atoms with Crippen LogP contribution in [0.15, 0.2) is 58.3 Å². The normalized spacial score (nSPS) is 12.1. The fraction of sp³-hybridized carbons (Fsp3) is 0.235. The van der Waals surface area contributed by atoms with Gasteiger partial charge in [-0.3, -0.25) is 4.79 Å². The molecule has 0 radical (unpaired) electrons. The van der Waals surface area contributed by atoms with Crippen LogP contribution in [0.1, 0.15) is 18.5 Å². The number of furan rings is 1.